The molecule has 2 saturated heterocycles. The predicted molar refractivity (Wildman–Crippen MR) is 148 cm³/mol. The Labute approximate surface area is 238 Å². The molecule has 5 heterocycles. The summed E-state index contributed by atoms with van der Waals surface area (Å²) < 4.78 is 49.3. The van der Waals surface area contributed by atoms with Gasteiger partial charge in [-0.15, -0.1) is 0 Å². The molecule has 2 aromatic heterocycles. The van der Waals surface area contributed by atoms with Crippen molar-refractivity contribution in [3.8, 4) is 16.9 Å². The van der Waals surface area contributed by atoms with E-state index in [1.165, 1.54) is 12.3 Å². The molecule has 216 valence electrons. The Morgan fingerprint density at radius 2 is 1.88 bits per heavy atom. The maximum absolute atomic E-state index is 14.2. The van der Waals surface area contributed by atoms with Gasteiger partial charge in [-0.3, -0.25) is 19.7 Å². The number of nitrogens with zero attached hydrogens (tertiary/aromatic N) is 4. The molecule has 41 heavy (non-hydrogen) atoms. The highest BCUT2D eigenvalue weighted by molar-refractivity contribution is 7.89. The van der Waals surface area contributed by atoms with E-state index in [0.29, 0.717) is 44.5 Å². The van der Waals surface area contributed by atoms with Crippen LogP contribution in [-0.4, -0.2) is 82.5 Å². The van der Waals surface area contributed by atoms with Crippen molar-refractivity contribution in [2.24, 2.45) is 0 Å². The Balaban J connectivity index is 1.30. The number of sulfonamides is 1. The van der Waals surface area contributed by atoms with Crippen molar-refractivity contribution in [1.29, 1.82) is 0 Å². The van der Waals surface area contributed by atoms with Crippen LogP contribution in [0.25, 0.3) is 11.1 Å². The van der Waals surface area contributed by atoms with Crippen LogP contribution in [-0.2, 0) is 21.4 Å². The van der Waals surface area contributed by atoms with Gasteiger partial charge < -0.3 is 15.2 Å². The summed E-state index contributed by atoms with van der Waals surface area (Å²) in [5, 5.41) is 13.6. The van der Waals surface area contributed by atoms with Gasteiger partial charge >= 0.3 is 0 Å². The molecule has 0 saturated carbocycles. The predicted octanol–water partition coefficient (Wildman–Crippen LogP) is 2.34. The van der Waals surface area contributed by atoms with Crippen molar-refractivity contribution in [2.45, 2.75) is 54.8 Å². The van der Waals surface area contributed by atoms with Crippen LogP contribution in [0.1, 0.15) is 31.2 Å². The van der Waals surface area contributed by atoms with Crippen LogP contribution in [0.15, 0.2) is 66.1 Å². The van der Waals surface area contributed by atoms with E-state index < -0.39 is 33.6 Å². The van der Waals surface area contributed by atoms with Gasteiger partial charge in [-0.25, -0.2) is 12.8 Å². The van der Waals surface area contributed by atoms with E-state index in [4.69, 9.17) is 4.74 Å². The van der Waals surface area contributed by atoms with E-state index in [0.717, 1.165) is 15.4 Å². The van der Waals surface area contributed by atoms with Crippen molar-refractivity contribution < 1.29 is 27.4 Å². The molecule has 3 aromatic rings. The number of aromatic nitrogens is 2. The van der Waals surface area contributed by atoms with Crippen LogP contribution in [0.5, 0.6) is 5.75 Å². The van der Waals surface area contributed by atoms with Crippen molar-refractivity contribution in [3.05, 3.63) is 72.6 Å². The lowest BCUT2D eigenvalue weighted by atomic mass is 9.84. The van der Waals surface area contributed by atoms with Gasteiger partial charge in [0.2, 0.25) is 15.9 Å². The van der Waals surface area contributed by atoms with Gasteiger partial charge in [0.25, 0.3) is 0 Å². The highest BCUT2D eigenvalue weighted by atomic mass is 32.2. The number of nitrogens with one attached hydrogen (secondary N) is 1. The number of halogens is 1. The van der Waals surface area contributed by atoms with E-state index in [-0.39, 0.29) is 36.0 Å². The SMILES string of the molecule is O=C1NC2(CCOc3cc(-c4cccnc4)ccc3S(=O)(=O)N3C[C@H](O)C[C@@H]13)CCN(Cc1ccncc1F)CC2. The van der Waals surface area contributed by atoms with Crippen LogP contribution in [0.4, 0.5) is 4.39 Å². The third-order valence-electron chi connectivity index (χ3n) is 8.35. The number of rotatable bonds is 3. The molecular weight excluding hydrogens is 549 g/mol. The van der Waals surface area contributed by atoms with Crippen LogP contribution < -0.4 is 10.1 Å². The fraction of sp³-hybridized carbons (Fsp3) is 0.414. The maximum Gasteiger partial charge on any atom is 0.247 e. The largest absolute Gasteiger partial charge is 0.492 e. The van der Waals surface area contributed by atoms with E-state index in [1.807, 2.05) is 6.07 Å². The maximum atomic E-state index is 14.2. The summed E-state index contributed by atoms with van der Waals surface area (Å²) in [6, 6.07) is 9.19. The van der Waals surface area contributed by atoms with Gasteiger partial charge in [-0.05, 0) is 42.7 Å². The molecule has 2 N–H and O–H groups in total. The normalized spacial score (nSPS) is 24.5. The number of carbonyl (C=O) groups excluding carboxylic acids is 1. The van der Waals surface area contributed by atoms with E-state index in [1.54, 1.807) is 42.9 Å². The van der Waals surface area contributed by atoms with Gasteiger partial charge in [0.1, 0.15) is 22.5 Å². The standard InChI is InChI=1S/C29H32FN5O5S/c30-24-17-32-10-5-22(24)18-34-11-6-29(7-12-34)8-13-40-26-14-20(21-2-1-9-31-16-21)3-4-27(26)41(38,39)35-19-23(36)15-25(35)28(37)33-29/h1-5,9-10,14,16-17,23,25,36H,6-8,11-13,15,18-19H2,(H,33,37)/t23-,25+/m1/s1. The van der Waals surface area contributed by atoms with Crippen molar-refractivity contribution in [3.63, 3.8) is 0 Å². The first-order chi connectivity index (χ1) is 19.7. The molecule has 1 spiro atoms. The Morgan fingerprint density at radius 3 is 2.63 bits per heavy atom. The van der Waals surface area contributed by atoms with E-state index >= 15 is 0 Å². The lowest BCUT2D eigenvalue weighted by Crippen LogP contribution is -2.59. The van der Waals surface area contributed by atoms with Crippen LogP contribution in [0.2, 0.25) is 0 Å². The molecule has 0 radical (unpaired) electrons. The highest BCUT2D eigenvalue weighted by Gasteiger charge is 2.47. The molecular formula is C29H32FN5O5S. The number of likely N-dealkylation sites (tertiary alicyclic amines) is 1. The Bertz CT molecular complexity index is 1530. The minimum absolute atomic E-state index is 0.0124. The number of pyridine rings is 2. The van der Waals surface area contributed by atoms with Crippen molar-refractivity contribution in [1.82, 2.24) is 24.5 Å². The second kappa shape index (κ2) is 11.1. The first kappa shape index (κ1) is 27.7. The van der Waals surface area contributed by atoms with Gasteiger partial charge in [-0.2, -0.15) is 4.31 Å². The number of ether oxygens (including phenoxy) is 1. The lowest BCUT2D eigenvalue weighted by molar-refractivity contribution is -0.127. The van der Waals surface area contributed by atoms with Gasteiger partial charge in [-0.1, -0.05) is 12.1 Å². The summed E-state index contributed by atoms with van der Waals surface area (Å²) in [6.45, 7) is 1.66. The minimum atomic E-state index is -4.17. The fourth-order valence-corrected chi connectivity index (χ4v) is 7.76. The van der Waals surface area contributed by atoms with Crippen LogP contribution >= 0.6 is 0 Å². The van der Waals surface area contributed by atoms with E-state index in [9.17, 15) is 22.7 Å². The summed E-state index contributed by atoms with van der Waals surface area (Å²) in [4.78, 5) is 23.7. The molecule has 2 atom stereocenters. The zero-order valence-corrected chi connectivity index (χ0v) is 23.3. The Kier molecular flexibility index (Phi) is 7.49. The number of amides is 1. The highest BCUT2D eigenvalue weighted by Crippen LogP contribution is 2.37. The van der Waals surface area contributed by atoms with Gasteiger partial charge in [0, 0.05) is 74.3 Å². The zero-order chi connectivity index (χ0) is 28.6. The number of aliphatic hydroxyl groups is 1. The number of aliphatic hydroxyl groups excluding tert-OH is 1. The molecule has 3 aliphatic heterocycles. The molecule has 10 nitrogen and oxygen atoms in total. The van der Waals surface area contributed by atoms with Gasteiger partial charge in [0.05, 0.1) is 18.9 Å². The second-order valence-electron chi connectivity index (χ2n) is 11.0. The quantitative estimate of drug-likeness (QED) is 0.483. The number of hydrogen-bond acceptors (Lipinski definition) is 8. The first-order valence-electron chi connectivity index (χ1n) is 13.7. The molecule has 0 unspecified atom stereocenters. The summed E-state index contributed by atoms with van der Waals surface area (Å²) in [5.74, 6) is -0.578. The molecule has 1 aromatic carbocycles. The van der Waals surface area contributed by atoms with Crippen molar-refractivity contribution in [2.75, 3.05) is 26.2 Å². The summed E-state index contributed by atoms with van der Waals surface area (Å²) in [7, 11) is -4.17. The van der Waals surface area contributed by atoms with Crippen LogP contribution in [0.3, 0.4) is 0 Å². The number of fused-ring (bicyclic) bond motifs is 2. The molecule has 2 fully saturated rings. The molecule has 0 aliphatic carbocycles. The average Bonchev–Trinajstić information content (AvgIpc) is 3.38. The molecule has 0 bridgehead atoms. The number of hydrogen-bond donors (Lipinski definition) is 2. The Morgan fingerprint density at radius 1 is 1.07 bits per heavy atom. The Hall–Kier alpha value is -3.45. The third-order valence-corrected chi connectivity index (χ3v) is 10.3. The smallest absolute Gasteiger partial charge is 0.247 e. The summed E-state index contributed by atoms with van der Waals surface area (Å²) in [6.07, 6.45) is 6.80. The molecule has 12 heteroatoms. The monoisotopic (exact) mass is 581 g/mol. The topological polar surface area (TPSA) is 125 Å². The van der Waals surface area contributed by atoms with E-state index in [2.05, 4.69) is 20.2 Å². The number of piperidine rings is 1. The number of benzene rings is 1. The molecule has 3 aliphatic rings. The average molecular weight is 582 g/mol. The molecule has 6 rings (SSSR count). The van der Waals surface area contributed by atoms with Crippen molar-refractivity contribution >= 4 is 15.9 Å². The van der Waals surface area contributed by atoms with Gasteiger partial charge in [0.15, 0.2) is 0 Å². The molecule has 1 amide bonds. The second-order valence-corrected chi connectivity index (χ2v) is 12.9. The third kappa shape index (κ3) is 5.56. The van der Waals surface area contributed by atoms with Crippen LogP contribution in [0, 0.1) is 5.82 Å². The fourth-order valence-electron chi connectivity index (χ4n) is 6.01. The summed E-state index contributed by atoms with van der Waals surface area (Å²) >= 11 is 0. The zero-order valence-electron chi connectivity index (χ0n) is 22.4. The summed E-state index contributed by atoms with van der Waals surface area (Å²) in [5.41, 5.74) is 1.48. The number of carbonyl (C=O) groups is 1. The minimum Gasteiger partial charge on any atom is -0.492 e. The lowest BCUT2D eigenvalue weighted by Gasteiger charge is -2.43. The first-order valence-corrected chi connectivity index (χ1v) is 15.2.